The second-order valence-electron chi connectivity index (χ2n) is 5.99. The Morgan fingerprint density at radius 3 is 2.56 bits per heavy atom. The number of hydrogen-bond donors (Lipinski definition) is 3. The van der Waals surface area contributed by atoms with E-state index < -0.39 is 0 Å². The third-order valence-corrected chi connectivity index (χ3v) is 4.01. The van der Waals surface area contributed by atoms with Crippen LogP contribution >= 0.6 is 0 Å². The number of aromatic amines is 1. The predicted molar refractivity (Wildman–Crippen MR) is 98.8 cm³/mol. The van der Waals surface area contributed by atoms with E-state index in [9.17, 15) is 4.79 Å². The van der Waals surface area contributed by atoms with E-state index in [1.807, 2.05) is 0 Å². The van der Waals surface area contributed by atoms with Gasteiger partial charge in [-0.05, 0) is 30.5 Å². The van der Waals surface area contributed by atoms with Crippen LogP contribution in [0, 0.1) is 0 Å². The molecule has 0 aliphatic heterocycles. The number of fused-ring (bicyclic) bond motifs is 1. The normalized spacial score (nSPS) is 11.1. The molecule has 2 aromatic heterocycles. The second kappa shape index (κ2) is 7.94. The average molecular weight is 340 g/mol. The zero-order chi connectivity index (χ0) is 17.6. The van der Waals surface area contributed by atoms with Gasteiger partial charge in [0.05, 0.1) is 5.69 Å². The fourth-order valence-corrected chi connectivity index (χ4v) is 2.57. The van der Waals surface area contributed by atoms with E-state index in [2.05, 4.69) is 63.8 Å². The number of rotatable bonds is 8. The summed E-state index contributed by atoms with van der Waals surface area (Å²) in [5, 5.41) is 9.40. The quantitative estimate of drug-likeness (QED) is 0.547. The lowest BCUT2D eigenvalue weighted by Gasteiger charge is -2.03. The Hall–Kier alpha value is -2.67. The van der Waals surface area contributed by atoms with Gasteiger partial charge in [-0.15, -0.1) is 0 Å². The van der Waals surface area contributed by atoms with Gasteiger partial charge in [-0.2, -0.15) is 9.50 Å². The van der Waals surface area contributed by atoms with Gasteiger partial charge in [0.25, 0.3) is 11.3 Å². The van der Waals surface area contributed by atoms with Crippen LogP contribution in [-0.2, 0) is 19.5 Å². The maximum atomic E-state index is 12.2. The average Bonchev–Trinajstić information content (AvgIpc) is 3.04. The molecule has 0 bridgehead atoms. The summed E-state index contributed by atoms with van der Waals surface area (Å²) in [5.74, 6) is 0.910. The van der Waals surface area contributed by atoms with E-state index in [0.29, 0.717) is 30.5 Å². The molecule has 132 valence electrons. The smallest absolute Gasteiger partial charge is 0.274 e. The van der Waals surface area contributed by atoms with Gasteiger partial charge in [0.1, 0.15) is 0 Å². The summed E-state index contributed by atoms with van der Waals surface area (Å²) in [6, 6.07) is 9.96. The molecular weight excluding hydrogens is 316 g/mol. The van der Waals surface area contributed by atoms with E-state index in [0.717, 1.165) is 24.9 Å². The lowest BCUT2D eigenvalue weighted by Crippen LogP contribution is -2.20. The zero-order valence-corrected chi connectivity index (χ0v) is 14.7. The Balaban J connectivity index is 1.71. The van der Waals surface area contributed by atoms with Crippen LogP contribution < -0.4 is 16.2 Å². The van der Waals surface area contributed by atoms with Gasteiger partial charge in [0.2, 0.25) is 5.95 Å². The van der Waals surface area contributed by atoms with Crippen molar-refractivity contribution in [3.05, 3.63) is 57.5 Å². The minimum atomic E-state index is -0.161. The molecule has 0 atom stereocenters. The molecule has 0 unspecified atom stereocenters. The molecule has 3 N–H and O–H groups in total. The molecule has 0 spiro atoms. The summed E-state index contributed by atoms with van der Waals surface area (Å²) in [7, 11) is 0. The summed E-state index contributed by atoms with van der Waals surface area (Å²) in [5.41, 5.74) is 3.01. The van der Waals surface area contributed by atoms with Crippen molar-refractivity contribution in [2.45, 2.75) is 39.8 Å². The van der Waals surface area contributed by atoms with Gasteiger partial charge in [-0.1, -0.05) is 38.1 Å². The Morgan fingerprint density at radius 1 is 1.08 bits per heavy atom. The molecule has 1 aromatic carbocycles. The Kier molecular flexibility index (Phi) is 5.45. The molecule has 0 amide bonds. The van der Waals surface area contributed by atoms with Gasteiger partial charge in [-0.25, -0.2) is 4.98 Å². The number of anilines is 1. The fourth-order valence-electron chi connectivity index (χ4n) is 2.57. The van der Waals surface area contributed by atoms with Crippen molar-refractivity contribution in [2.75, 3.05) is 11.9 Å². The largest absolute Gasteiger partial charge is 0.351 e. The van der Waals surface area contributed by atoms with E-state index in [-0.39, 0.29) is 5.56 Å². The highest BCUT2D eigenvalue weighted by Gasteiger charge is 2.08. The van der Waals surface area contributed by atoms with Crippen LogP contribution in [-0.4, -0.2) is 26.1 Å². The predicted octanol–water partition coefficient (Wildman–Crippen LogP) is 2.09. The Bertz CT molecular complexity index is 881. The van der Waals surface area contributed by atoms with Crippen LogP contribution in [0.5, 0.6) is 0 Å². The second-order valence-corrected chi connectivity index (χ2v) is 5.99. The van der Waals surface area contributed by atoms with Gasteiger partial charge in [0.15, 0.2) is 0 Å². The molecule has 25 heavy (non-hydrogen) atoms. The van der Waals surface area contributed by atoms with Crippen molar-refractivity contribution < 1.29 is 0 Å². The van der Waals surface area contributed by atoms with Gasteiger partial charge >= 0.3 is 0 Å². The number of benzene rings is 1. The Morgan fingerprint density at radius 2 is 1.84 bits per heavy atom. The van der Waals surface area contributed by atoms with Crippen molar-refractivity contribution in [1.29, 1.82) is 0 Å². The molecule has 7 heteroatoms. The molecule has 0 aliphatic rings. The number of aryl methyl sites for hydroxylation is 1. The van der Waals surface area contributed by atoms with Crippen molar-refractivity contribution in [1.82, 2.24) is 24.9 Å². The lowest BCUT2D eigenvalue weighted by molar-refractivity contribution is 0.661. The van der Waals surface area contributed by atoms with Crippen molar-refractivity contribution in [2.24, 2.45) is 0 Å². The molecule has 0 aliphatic carbocycles. The molecule has 3 rings (SSSR count). The van der Waals surface area contributed by atoms with Gasteiger partial charge in [-0.3, -0.25) is 9.89 Å². The number of H-pyrrole nitrogens is 1. The molecule has 0 saturated heterocycles. The maximum absolute atomic E-state index is 12.2. The molecule has 0 fully saturated rings. The topological polar surface area (TPSA) is 87.1 Å². The Labute approximate surface area is 146 Å². The van der Waals surface area contributed by atoms with Crippen LogP contribution in [0.2, 0.25) is 0 Å². The SMILES string of the molecule is CCCNCc1cc(=O)n2[nH]c(NCc3ccc(CC)cc3)nc2n1. The first-order chi connectivity index (χ1) is 12.2. The van der Waals surface area contributed by atoms with E-state index in [1.54, 1.807) is 0 Å². The van der Waals surface area contributed by atoms with Crippen molar-refractivity contribution >= 4 is 11.7 Å². The molecule has 0 saturated carbocycles. The fraction of sp³-hybridized carbons (Fsp3) is 0.389. The van der Waals surface area contributed by atoms with Crippen LogP contribution in [0.1, 0.15) is 37.1 Å². The van der Waals surface area contributed by atoms with E-state index >= 15 is 0 Å². The number of hydrogen-bond acceptors (Lipinski definition) is 5. The first-order valence-electron chi connectivity index (χ1n) is 8.70. The summed E-state index contributed by atoms with van der Waals surface area (Å²) < 4.78 is 1.35. The maximum Gasteiger partial charge on any atom is 0.274 e. The molecular formula is C18H24N6O. The van der Waals surface area contributed by atoms with Gasteiger partial charge < -0.3 is 10.6 Å². The number of nitrogens with zero attached hydrogens (tertiary/aromatic N) is 3. The molecule has 2 heterocycles. The summed E-state index contributed by atoms with van der Waals surface area (Å²) in [6.07, 6.45) is 2.07. The molecule has 3 aromatic rings. The molecule has 0 radical (unpaired) electrons. The van der Waals surface area contributed by atoms with Crippen molar-refractivity contribution in [3.8, 4) is 0 Å². The van der Waals surface area contributed by atoms with Crippen molar-refractivity contribution in [3.63, 3.8) is 0 Å². The highest BCUT2D eigenvalue weighted by Crippen LogP contribution is 2.08. The van der Waals surface area contributed by atoms with E-state index in [4.69, 9.17) is 0 Å². The van der Waals surface area contributed by atoms with Crippen LogP contribution in [0.4, 0.5) is 5.95 Å². The minimum absolute atomic E-state index is 0.161. The zero-order valence-electron chi connectivity index (χ0n) is 14.7. The minimum Gasteiger partial charge on any atom is -0.351 e. The third kappa shape index (κ3) is 4.24. The first-order valence-corrected chi connectivity index (χ1v) is 8.70. The summed E-state index contributed by atoms with van der Waals surface area (Å²) in [6.45, 7) is 6.33. The third-order valence-electron chi connectivity index (χ3n) is 4.01. The van der Waals surface area contributed by atoms with Crippen LogP contribution in [0.3, 0.4) is 0 Å². The highest BCUT2D eigenvalue weighted by molar-refractivity contribution is 5.38. The standard InChI is InChI=1S/C18H24N6O/c1-3-9-19-12-15-10-16(25)24-18(21-15)22-17(23-24)20-11-14-7-5-13(4-2)6-8-14/h5-8,10,19H,3-4,9,11-12H2,1-2H3,(H2,20,21,22,23). The van der Waals surface area contributed by atoms with Gasteiger partial charge in [0, 0.05) is 19.2 Å². The number of aromatic nitrogens is 4. The van der Waals surface area contributed by atoms with Crippen LogP contribution in [0.25, 0.3) is 5.78 Å². The monoisotopic (exact) mass is 340 g/mol. The first kappa shape index (κ1) is 17.2. The highest BCUT2D eigenvalue weighted by atomic mass is 16.1. The molecule has 7 nitrogen and oxygen atoms in total. The summed E-state index contributed by atoms with van der Waals surface area (Å²) >= 11 is 0. The number of nitrogens with one attached hydrogen (secondary N) is 3. The van der Waals surface area contributed by atoms with Crippen LogP contribution in [0.15, 0.2) is 35.1 Å². The summed E-state index contributed by atoms with van der Waals surface area (Å²) in [4.78, 5) is 21.0. The van der Waals surface area contributed by atoms with E-state index in [1.165, 1.54) is 16.1 Å². The lowest BCUT2D eigenvalue weighted by atomic mass is 10.1.